The molecular formula is C12H16F2N2OS. The van der Waals surface area contributed by atoms with Gasteiger partial charge in [-0.25, -0.2) is 8.78 Å². The topological polar surface area (TPSA) is 55.1 Å². The van der Waals surface area contributed by atoms with E-state index in [1.807, 2.05) is 6.26 Å². The summed E-state index contributed by atoms with van der Waals surface area (Å²) in [7, 11) is 0. The van der Waals surface area contributed by atoms with Crippen LogP contribution in [0, 0.1) is 11.6 Å². The molecule has 1 rings (SSSR count). The summed E-state index contributed by atoms with van der Waals surface area (Å²) >= 11 is 1.73. The van der Waals surface area contributed by atoms with Crippen molar-refractivity contribution in [2.45, 2.75) is 12.8 Å². The summed E-state index contributed by atoms with van der Waals surface area (Å²) in [5.41, 5.74) is 4.84. The Kier molecular flexibility index (Phi) is 5.91. The molecule has 1 aromatic rings. The minimum absolute atomic E-state index is 0.223. The minimum atomic E-state index is -0.900. The van der Waals surface area contributed by atoms with Crippen LogP contribution < -0.4 is 11.1 Å². The number of hydrogen-bond donors (Lipinski definition) is 2. The van der Waals surface area contributed by atoms with Gasteiger partial charge in [-0.2, -0.15) is 11.8 Å². The molecule has 0 aliphatic carbocycles. The van der Waals surface area contributed by atoms with Crippen LogP contribution in [0.15, 0.2) is 12.1 Å². The third kappa shape index (κ3) is 4.18. The van der Waals surface area contributed by atoms with E-state index in [-0.39, 0.29) is 11.3 Å². The first-order valence-corrected chi connectivity index (χ1v) is 6.97. The van der Waals surface area contributed by atoms with Crippen LogP contribution in [0.5, 0.6) is 0 Å². The number of halogens is 2. The molecule has 18 heavy (non-hydrogen) atoms. The van der Waals surface area contributed by atoms with Gasteiger partial charge in [0.1, 0.15) is 11.6 Å². The van der Waals surface area contributed by atoms with E-state index < -0.39 is 17.5 Å². The molecule has 1 aromatic carbocycles. The zero-order valence-corrected chi connectivity index (χ0v) is 10.9. The number of nitrogens with one attached hydrogen (secondary N) is 1. The molecule has 0 unspecified atom stereocenters. The van der Waals surface area contributed by atoms with Gasteiger partial charge in [0.2, 0.25) is 0 Å². The number of carbonyl (C=O) groups excluding carboxylic acids is 1. The third-order valence-corrected chi connectivity index (χ3v) is 3.09. The molecule has 1 amide bonds. The maximum absolute atomic E-state index is 13.4. The summed E-state index contributed by atoms with van der Waals surface area (Å²) < 4.78 is 26.3. The molecule has 0 saturated carbocycles. The van der Waals surface area contributed by atoms with Crippen molar-refractivity contribution in [1.82, 2.24) is 5.32 Å². The normalized spacial score (nSPS) is 10.4. The number of carbonyl (C=O) groups is 1. The number of benzene rings is 1. The first-order valence-electron chi connectivity index (χ1n) is 5.58. The molecule has 0 bridgehead atoms. The number of rotatable bonds is 6. The Hall–Kier alpha value is -1.30. The van der Waals surface area contributed by atoms with Gasteiger partial charge in [0, 0.05) is 12.6 Å². The predicted molar refractivity (Wildman–Crippen MR) is 70.7 cm³/mol. The standard InChI is InChI=1S/C12H16F2N2OS/c1-18-5-3-2-4-16-12(17)8-6-11(15)10(14)7-9(8)13/h6-7H,2-5,15H2,1H3,(H,16,17). The zero-order valence-electron chi connectivity index (χ0n) is 10.1. The van der Waals surface area contributed by atoms with Crippen molar-refractivity contribution < 1.29 is 13.6 Å². The van der Waals surface area contributed by atoms with Crippen LogP contribution in [0.25, 0.3) is 0 Å². The Labute approximate surface area is 109 Å². The fraction of sp³-hybridized carbons (Fsp3) is 0.417. The fourth-order valence-electron chi connectivity index (χ4n) is 1.41. The van der Waals surface area contributed by atoms with Crippen LogP contribution in [0.4, 0.5) is 14.5 Å². The smallest absolute Gasteiger partial charge is 0.254 e. The molecule has 0 radical (unpaired) electrons. The number of anilines is 1. The maximum Gasteiger partial charge on any atom is 0.254 e. The van der Waals surface area contributed by atoms with Gasteiger partial charge in [-0.1, -0.05) is 0 Å². The SMILES string of the molecule is CSCCCCNC(=O)c1cc(N)c(F)cc1F. The molecule has 0 aromatic heterocycles. The molecule has 0 spiro atoms. The van der Waals surface area contributed by atoms with E-state index in [0.717, 1.165) is 24.7 Å². The van der Waals surface area contributed by atoms with Crippen molar-refractivity contribution in [1.29, 1.82) is 0 Å². The van der Waals surface area contributed by atoms with E-state index in [1.54, 1.807) is 11.8 Å². The lowest BCUT2D eigenvalue weighted by atomic mass is 10.1. The first-order chi connectivity index (χ1) is 8.56. The van der Waals surface area contributed by atoms with Crippen LogP contribution >= 0.6 is 11.8 Å². The highest BCUT2D eigenvalue weighted by molar-refractivity contribution is 7.98. The highest BCUT2D eigenvalue weighted by Crippen LogP contribution is 2.16. The van der Waals surface area contributed by atoms with Crippen molar-refractivity contribution in [3.8, 4) is 0 Å². The second kappa shape index (κ2) is 7.20. The largest absolute Gasteiger partial charge is 0.396 e. The first kappa shape index (κ1) is 14.8. The molecule has 6 heteroatoms. The molecule has 0 aliphatic heterocycles. The van der Waals surface area contributed by atoms with Crippen molar-refractivity contribution in [2.24, 2.45) is 0 Å². The molecule has 0 saturated heterocycles. The summed E-state index contributed by atoms with van der Waals surface area (Å²) in [5.74, 6) is -1.30. The highest BCUT2D eigenvalue weighted by atomic mass is 32.2. The Morgan fingerprint density at radius 3 is 2.72 bits per heavy atom. The summed E-state index contributed by atoms with van der Waals surface area (Å²) in [4.78, 5) is 11.6. The molecular weight excluding hydrogens is 258 g/mol. The van der Waals surface area contributed by atoms with E-state index in [2.05, 4.69) is 5.32 Å². The van der Waals surface area contributed by atoms with Crippen LogP contribution in [0.1, 0.15) is 23.2 Å². The van der Waals surface area contributed by atoms with E-state index in [1.165, 1.54) is 0 Å². The third-order valence-electron chi connectivity index (χ3n) is 2.39. The second-order valence-corrected chi connectivity index (χ2v) is 4.79. The van der Waals surface area contributed by atoms with Crippen LogP contribution in [-0.2, 0) is 0 Å². The monoisotopic (exact) mass is 274 g/mol. The Bertz CT molecular complexity index is 427. The zero-order chi connectivity index (χ0) is 13.5. The lowest BCUT2D eigenvalue weighted by molar-refractivity contribution is 0.0949. The van der Waals surface area contributed by atoms with E-state index in [9.17, 15) is 13.6 Å². The van der Waals surface area contributed by atoms with Crippen LogP contribution in [-0.4, -0.2) is 24.5 Å². The number of nitrogen functional groups attached to an aromatic ring is 1. The molecule has 3 nitrogen and oxygen atoms in total. The predicted octanol–water partition coefficient (Wildman–Crippen LogP) is 2.42. The van der Waals surface area contributed by atoms with Gasteiger partial charge >= 0.3 is 0 Å². The molecule has 0 aliphatic rings. The minimum Gasteiger partial charge on any atom is -0.396 e. The van der Waals surface area contributed by atoms with Crippen molar-refractivity contribution in [3.05, 3.63) is 29.3 Å². The fourth-order valence-corrected chi connectivity index (χ4v) is 1.90. The molecule has 0 heterocycles. The average molecular weight is 274 g/mol. The molecule has 0 atom stereocenters. The van der Waals surface area contributed by atoms with E-state index >= 15 is 0 Å². The average Bonchev–Trinajstić information content (AvgIpc) is 2.33. The highest BCUT2D eigenvalue weighted by Gasteiger charge is 2.14. The quantitative estimate of drug-likeness (QED) is 0.619. The molecule has 100 valence electrons. The van der Waals surface area contributed by atoms with Gasteiger partial charge in [-0.15, -0.1) is 0 Å². The van der Waals surface area contributed by atoms with E-state index in [4.69, 9.17) is 5.73 Å². The number of amides is 1. The van der Waals surface area contributed by atoms with Gasteiger partial charge in [-0.3, -0.25) is 4.79 Å². The summed E-state index contributed by atoms with van der Waals surface area (Å²) in [5, 5.41) is 2.58. The summed E-state index contributed by atoms with van der Waals surface area (Å²) in [6, 6.07) is 1.64. The Morgan fingerprint density at radius 2 is 2.06 bits per heavy atom. The van der Waals surface area contributed by atoms with Crippen molar-refractivity contribution in [2.75, 3.05) is 24.3 Å². The Morgan fingerprint density at radius 1 is 1.33 bits per heavy atom. The van der Waals surface area contributed by atoms with Crippen LogP contribution in [0.2, 0.25) is 0 Å². The maximum atomic E-state index is 13.4. The van der Waals surface area contributed by atoms with Gasteiger partial charge in [-0.05, 0) is 30.9 Å². The summed E-state index contributed by atoms with van der Waals surface area (Å²) in [6.07, 6.45) is 3.82. The van der Waals surface area contributed by atoms with Gasteiger partial charge in [0.15, 0.2) is 0 Å². The van der Waals surface area contributed by atoms with Crippen LogP contribution in [0.3, 0.4) is 0 Å². The lowest BCUT2D eigenvalue weighted by Crippen LogP contribution is -2.25. The number of nitrogens with two attached hydrogens (primary N) is 1. The van der Waals surface area contributed by atoms with Gasteiger partial charge in [0.05, 0.1) is 11.3 Å². The lowest BCUT2D eigenvalue weighted by Gasteiger charge is -2.07. The number of hydrogen-bond acceptors (Lipinski definition) is 3. The number of unbranched alkanes of at least 4 members (excludes halogenated alkanes) is 1. The Balaban J connectivity index is 2.54. The van der Waals surface area contributed by atoms with E-state index in [0.29, 0.717) is 12.6 Å². The van der Waals surface area contributed by atoms with Gasteiger partial charge in [0.25, 0.3) is 5.91 Å². The second-order valence-electron chi connectivity index (χ2n) is 3.81. The summed E-state index contributed by atoms with van der Waals surface area (Å²) in [6.45, 7) is 0.468. The van der Waals surface area contributed by atoms with Crippen molar-refractivity contribution in [3.63, 3.8) is 0 Å². The molecule has 0 fully saturated rings. The number of thioether (sulfide) groups is 1. The molecule has 3 N–H and O–H groups in total. The van der Waals surface area contributed by atoms with Crippen molar-refractivity contribution >= 4 is 23.4 Å². The van der Waals surface area contributed by atoms with Gasteiger partial charge < -0.3 is 11.1 Å².